The van der Waals surface area contributed by atoms with Crippen molar-refractivity contribution < 1.29 is 9.18 Å². The lowest BCUT2D eigenvalue weighted by atomic mass is 10.1. The van der Waals surface area contributed by atoms with Crippen molar-refractivity contribution in [3.63, 3.8) is 0 Å². The van der Waals surface area contributed by atoms with Gasteiger partial charge in [-0.1, -0.05) is 30.3 Å². The van der Waals surface area contributed by atoms with Gasteiger partial charge >= 0.3 is 0 Å². The van der Waals surface area contributed by atoms with Gasteiger partial charge in [-0.3, -0.25) is 9.89 Å². The molecule has 1 atom stereocenters. The minimum absolute atomic E-state index is 0.137. The van der Waals surface area contributed by atoms with E-state index < -0.39 is 0 Å². The molecule has 2 aromatic carbocycles. The maximum absolute atomic E-state index is 13.1. The zero-order valence-corrected chi connectivity index (χ0v) is 13.1. The van der Waals surface area contributed by atoms with E-state index in [0.717, 1.165) is 16.5 Å². The molecule has 3 rings (SSSR count). The van der Waals surface area contributed by atoms with Crippen LogP contribution in [0, 0.1) is 5.82 Å². The Hall–Kier alpha value is -2.69. The monoisotopic (exact) mass is 311 g/mol. The van der Waals surface area contributed by atoms with Crippen molar-refractivity contribution in [2.75, 3.05) is 6.54 Å². The van der Waals surface area contributed by atoms with Gasteiger partial charge in [-0.15, -0.1) is 0 Å². The smallest absolute Gasteiger partial charge is 0.275 e. The summed E-state index contributed by atoms with van der Waals surface area (Å²) in [5, 5.41) is 7.87. The maximum atomic E-state index is 13.1. The number of carbonyl (C=O) groups excluding carboxylic acids is 1. The number of nitrogens with one attached hydrogen (secondary N) is 1. The molecule has 0 saturated carbocycles. The number of halogens is 1. The summed E-state index contributed by atoms with van der Waals surface area (Å²) in [7, 11) is 0. The first-order valence-electron chi connectivity index (χ1n) is 7.61. The number of aromatic amines is 1. The molecule has 1 aromatic heterocycles. The van der Waals surface area contributed by atoms with Gasteiger partial charge in [0.1, 0.15) is 5.82 Å². The van der Waals surface area contributed by atoms with E-state index in [0.29, 0.717) is 12.2 Å². The van der Waals surface area contributed by atoms with E-state index in [-0.39, 0.29) is 17.8 Å². The Morgan fingerprint density at radius 1 is 1.22 bits per heavy atom. The zero-order valence-electron chi connectivity index (χ0n) is 13.1. The van der Waals surface area contributed by atoms with Gasteiger partial charge in [0.05, 0.1) is 11.6 Å². The Morgan fingerprint density at radius 3 is 2.61 bits per heavy atom. The number of aromatic nitrogens is 2. The fourth-order valence-corrected chi connectivity index (χ4v) is 2.78. The molecule has 4 nitrogen and oxygen atoms in total. The van der Waals surface area contributed by atoms with Crippen LogP contribution in [0.4, 0.5) is 4.39 Å². The van der Waals surface area contributed by atoms with Gasteiger partial charge in [-0.2, -0.15) is 5.10 Å². The number of nitrogens with zero attached hydrogens (tertiary/aromatic N) is 2. The van der Waals surface area contributed by atoms with E-state index in [4.69, 9.17) is 0 Å². The minimum Gasteiger partial charge on any atom is -0.331 e. The van der Waals surface area contributed by atoms with Gasteiger partial charge in [0, 0.05) is 11.9 Å². The summed E-state index contributed by atoms with van der Waals surface area (Å²) in [4.78, 5) is 14.6. The fraction of sp³-hybridized carbons (Fsp3) is 0.222. The lowest BCUT2D eigenvalue weighted by molar-refractivity contribution is 0.0698. The third kappa shape index (κ3) is 2.82. The van der Waals surface area contributed by atoms with Crippen LogP contribution < -0.4 is 0 Å². The highest BCUT2D eigenvalue weighted by Crippen LogP contribution is 2.24. The Labute approximate surface area is 133 Å². The van der Waals surface area contributed by atoms with Gasteiger partial charge in [-0.05, 0) is 37.6 Å². The van der Waals surface area contributed by atoms with Crippen molar-refractivity contribution in [1.29, 1.82) is 0 Å². The van der Waals surface area contributed by atoms with Crippen molar-refractivity contribution >= 4 is 16.8 Å². The van der Waals surface area contributed by atoms with Crippen molar-refractivity contribution in [2.45, 2.75) is 19.9 Å². The molecule has 3 aromatic rings. The van der Waals surface area contributed by atoms with Crippen LogP contribution in [-0.4, -0.2) is 27.5 Å². The highest BCUT2D eigenvalue weighted by atomic mass is 19.1. The molecule has 118 valence electrons. The SMILES string of the molecule is CCN(C(=O)c1n[nH]c2ccccc12)C(C)c1ccc(F)cc1. The van der Waals surface area contributed by atoms with Crippen LogP contribution in [0.3, 0.4) is 0 Å². The second kappa shape index (κ2) is 6.20. The summed E-state index contributed by atoms with van der Waals surface area (Å²) in [6, 6.07) is 13.6. The van der Waals surface area contributed by atoms with Crippen molar-refractivity contribution in [1.82, 2.24) is 15.1 Å². The fourth-order valence-electron chi connectivity index (χ4n) is 2.78. The summed E-state index contributed by atoms with van der Waals surface area (Å²) in [5.41, 5.74) is 2.14. The Bertz CT molecular complexity index is 826. The minimum atomic E-state index is -0.284. The molecule has 0 bridgehead atoms. The number of H-pyrrole nitrogens is 1. The largest absolute Gasteiger partial charge is 0.331 e. The van der Waals surface area contributed by atoms with E-state index in [2.05, 4.69) is 10.2 Å². The van der Waals surface area contributed by atoms with Crippen LogP contribution in [-0.2, 0) is 0 Å². The highest BCUT2D eigenvalue weighted by Gasteiger charge is 2.24. The van der Waals surface area contributed by atoms with Gasteiger partial charge < -0.3 is 4.90 Å². The summed E-state index contributed by atoms with van der Waals surface area (Å²) in [5.74, 6) is -0.421. The Balaban J connectivity index is 1.93. The second-order valence-corrected chi connectivity index (χ2v) is 5.44. The van der Waals surface area contributed by atoms with Crippen molar-refractivity contribution in [2.24, 2.45) is 0 Å². The summed E-state index contributed by atoms with van der Waals surface area (Å²) in [6.45, 7) is 4.40. The van der Waals surface area contributed by atoms with Gasteiger partial charge in [0.15, 0.2) is 5.69 Å². The first-order chi connectivity index (χ1) is 11.1. The van der Waals surface area contributed by atoms with E-state index in [1.54, 1.807) is 17.0 Å². The molecule has 0 aliphatic heterocycles. The number of para-hydroxylation sites is 1. The second-order valence-electron chi connectivity index (χ2n) is 5.44. The van der Waals surface area contributed by atoms with Crippen molar-refractivity contribution in [3.05, 3.63) is 65.6 Å². The highest BCUT2D eigenvalue weighted by molar-refractivity contribution is 6.04. The van der Waals surface area contributed by atoms with E-state index in [1.807, 2.05) is 38.1 Å². The molecule has 0 spiro atoms. The third-order valence-electron chi connectivity index (χ3n) is 4.09. The Kier molecular flexibility index (Phi) is 4.10. The quantitative estimate of drug-likeness (QED) is 0.794. The average molecular weight is 311 g/mol. The summed E-state index contributed by atoms with van der Waals surface area (Å²) < 4.78 is 13.1. The van der Waals surface area contributed by atoms with E-state index >= 15 is 0 Å². The summed E-state index contributed by atoms with van der Waals surface area (Å²) in [6.07, 6.45) is 0. The van der Waals surface area contributed by atoms with Gasteiger partial charge in [-0.25, -0.2) is 4.39 Å². The molecule has 5 heteroatoms. The molecule has 23 heavy (non-hydrogen) atoms. The normalized spacial score (nSPS) is 12.3. The number of fused-ring (bicyclic) bond motifs is 1. The van der Waals surface area contributed by atoms with Crippen LogP contribution in [0.25, 0.3) is 10.9 Å². The number of hydrogen-bond acceptors (Lipinski definition) is 2. The van der Waals surface area contributed by atoms with E-state index in [9.17, 15) is 9.18 Å². The standard InChI is InChI=1S/C18H18FN3O/c1-3-22(12(2)13-8-10-14(19)11-9-13)18(23)17-15-6-4-5-7-16(15)20-21-17/h4-12H,3H2,1-2H3,(H,20,21). The molecule has 0 aliphatic carbocycles. The first kappa shape index (κ1) is 15.2. The molecular weight excluding hydrogens is 293 g/mol. The van der Waals surface area contributed by atoms with Gasteiger partial charge in [0.25, 0.3) is 5.91 Å². The number of rotatable bonds is 4. The lowest BCUT2D eigenvalue weighted by Crippen LogP contribution is -2.33. The third-order valence-corrected chi connectivity index (χ3v) is 4.09. The molecule has 1 heterocycles. The molecule has 0 aliphatic rings. The lowest BCUT2D eigenvalue weighted by Gasteiger charge is -2.28. The van der Waals surface area contributed by atoms with Crippen LogP contribution in [0.5, 0.6) is 0 Å². The first-order valence-corrected chi connectivity index (χ1v) is 7.61. The van der Waals surface area contributed by atoms with Crippen LogP contribution >= 0.6 is 0 Å². The predicted octanol–water partition coefficient (Wildman–Crippen LogP) is 3.93. The van der Waals surface area contributed by atoms with Crippen LogP contribution in [0.15, 0.2) is 48.5 Å². The Morgan fingerprint density at radius 2 is 1.91 bits per heavy atom. The van der Waals surface area contributed by atoms with E-state index in [1.165, 1.54) is 12.1 Å². The molecule has 1 unspecified atom stereocenters. The number of carbonyl (C=O) groups is 1. The van der Waals surface area contributed by atoms with Crippen molar-refractivity contribution in [3.8, 4) is 0 Å². The number of benzene rings is 2. The topological polar surface area (TPSA) is 49.0 Å². The summed E-state index contributed by atoms with van der Waals surface area (Å²) >= 11 is 0. The molecule has 1 N–H and O–H groups in total. The number of amides is 1. The number of hydrogen-bond donors (Lipinski definition) is 1. The molecule has 0 radical (unpaired) electrons. The molecule has 0 fully saturated rings. The van der Waals surface area contributed by atoms with Gasteiger partial charge in [0.2, 0.25) is 0 Å². The van der Waals surface area contributed by atoms with Crippen LogP contribution in [0.2, 0.25) is 0 Å². The maximum Gasteiger partial charge on any atom is 0.275 e. The zero-order chi connectivity index (χ0) is 16.4. The average Bonchev–Trinajstić information content (AvgIpc) is 3.00. The van der Waals surface area contributed by atoms with Crippen LogP contribution in [0.1, 0.15) is 35.9 Å². The molecule has 0 saturated heterocycles. The molecule has 1 amide bonds. The predicted molar refractivity (Wildman–Crippen MR) is 87.6 cm³/mol. The molecular formula is C18H18FN3O.